The van der Waals surface area contributed by atoms with E-state index >= 15 is 0 Å². The monoisotopic (exact) mass is 360 g/mol. The van der Waals surface area contributed by atoms with E-state index in [4.69, 9.17) is 15.2 Å². The number of ether oxygens (including phenoxy) is 2. The first-order chi connectivity index (χ1) is 12.5. The van der Waals surface area contributed by atoms with Crippen molar-refractivity contribution in [2.24, 2.45) is 5.73 Å². The summed E-state index contributed by atoms with van der Waals surface area (Å²) in [5.41, 5.74) is 6.49. The summed E-state index contributed by atoms with van der Waals surface area (Å²) in [5.74, 6) is 1.03. The Morgan fingerprint density at radius 2 is 2.04 bits per heavy atom. The molecule has 0 spiro atoms. The highest BCUT2D eigenvalue weighted by Crippen LogP contribution is 2.37. The zero-order valence-electron chi connectivity index (χ0n) is 15.6. The molecule has 2 fully saturated rings. The minimum atomic E-state index is -0.528. The number of nitrogens with two attached hydrogens (primary N) is 1. The first-order valence-corrected chi connectivity index (χ1v) is 9.46. The molecule has 1 aliphatic carbocycles. The third kappa shape index (κ3) is 3.79. The van der Waals surface area contributed by atoms with Gasteiger partial charge in [-0.25, -0.2) is 0 Å². The van der Waals surface area contributed by atoms with Gasteiger partial charge in [0.25, 0.3) is 0 Å². The Morgan fingerprint density at radius 3 is 2.65 bits per heavy atom. The normalized spacial score (nSPS) is 21.8. The Balaban J connectivity index is 1.78. The molecule has 26 heavy (non-hydrogen) atoms. The minimum Gasteiger partial charge on any atom is -0.493 e. The van der Waals surface area contributed by atoms with Crippen LogP contribution in [0.5, 0.6) is 11.5 Å². The highest BCUT2D eigenvalue weighted by molar-refractivity contribution is 5.88. The predicted molar refractivity (Wildman–Crippen MR) is 98.2 cm³/mol. The van der Waals surface area contributed by atoms with Crippen LogP contribution in [0, 0.1) is 0 Å². The van der Waals surface area contributed by atoms with Crippen molar-refractivity contribution in [3.63, 3.8) is 0 Å². The summed E-state index contributed by atoms with van der Waals surface area (Å²) in [5, 5.41) is 0. The number of methoxy groups -OCH3 is 1. The Morgan fingerprint density at radius 1 is 1.31 bits per heavy atom. The van der Waals surface area contributed by atoms with Crippen LogP contribution in [0.2, 0.25) is 0 Å². The molecule has 2 amide bonds. The fourth-order valence-electron chi connectivity index (χ4n) is 4.06. The molecule has 2 aliphatic rings. The number of carbonyl (C=O) groups excluding carboxylic acids is 2. The van der Waals surface area contributed by atoms with Crippen molar-refractivity contribution in [1.29, 1.82) is 0 Å². The first-order valence-electron chi connectivity index (χ1n) is 9.46. The van der Waals surface area contributed by atoms with Crippen LogP contribution < -0.4 is 15.2 Å². The molecule has 1 aliphatic heterocycles. The zero-order chi connectivity index (χ0) is 18.7. The van der Waals surface area contributed by atoms with Crippen LogP contribution in [-0.2, 0) is 9.59 Å². The van der Waals surface area contributed by atoms with E-state index in [0.717, 1.165) is 24.2 Å². The topological polar surface area (TPSA) is 81.9 Å². The molecule has 1 saturated carbocycles. The molecule has 6 heteroatoms. The maximum Gasteiger partial charge on any atom is 0.240 e. The molecule has 1 aromatic rings. The number of carbonyl (C=O) groups is 2. The van der Waals surface area contributed by atoms with Crippen LogP contribution in [0.15, 0.2) is 18.2 Å². The van der Waals surface area contributed by atoms with Gasteiger partial charge in [0.1, 0.15) is 6.04 Å². The minimum absolute atomic E-state index is 0.0188. The lowest BCUT2D eigenvalue weighted by Crippen LogP contribution is -2.45. The van der Waals surface area contributed by atoms with Gasteiger partial charge >= 0.3 is 0 Å². The summed E-state index contributed by atoms with van der Waals surface area (Å²) in [6.45, 7) is 2.38. The molecule has 1 aromatic carbocycles. The summed E-state index contributed by atoms with van der Waals surface area (Å²) < 4.78 is 11.6. The quantitative estimate of drug-likeness (QED) is 0.810. The number of hydrogen-bond donors (Lipinski definition) is 1. The van der Waals surface area contributed by atoms with Crippen LogP contribution in [0.4, 0.5) is 0 Å². The third-order valence-corrected chi connectivity index (χ3v) is 5.50. The van der Waals surface area contributed by atoms with Crippen LogP contribution in [-0.4, -0.2) is 42.5 Å². The number of amides is 2. The van der Waals surface area contributed by atoms with E-state index in [0.29, 0.717) is 25.1 Å². The smallest absolute Gasteiger partial charge is 0.240 e. The second-order valence-corrected chi connectivity index (χ2v) is 7.21. The van der Waals surface area contributed by atoms with Crippen LogP contribution in [0.3, 0.4) is 0 Å². The molecule has 2 N–H and O–H groups in total. The van der Waals surface area contributed by atoms with Gasteiger partial charge in [-0.2, -0.15) is 0 Å². The summed E-state index contributed by atoms with van der Waals surface area (Å²) in [4.78, 5) is 25.7. The van der Waals surface area contributed by atoms with Gasteiger partial charge in [0, 0.05) is 18.9 Å². The Hall–Kier alpha value is -2.24. The predicted octanol–water partition coefficient (Wildman–Crippen LogP) is 2.60. The highest BCUT2D eigenvalue weighted by atomic mass is 16.5. The lowest BCUT2D eigenvalue weighted by Gasteiger charge is -2.24. The number of rotatable bonds is 7. The second-order valence-electron chi connectivity index (χ2n) is 7.21. The van der Waals surface area contributed by atoms with Crippen LogP contribution >= 0.6 is 0 Å². The van der Waals surface area contributed by atoms with Gasteiger partial charge in [0.05, 0.1) is 13.2 Å². The van der Waals surface area contributed by atoms with Crippen molar-refractivity contribution in [3.05, 3.63) is 23.8 Å². The van der Waals surface area contributed by atoms with Crippen molar-refractivity contribution < 1.29 is 19.1 Å². The molecule has 1 saturated heterocycles. The van der Waals surface area contributed by atoms with Crippen LogP contribution in [0.25, 0.3) is 0 Å². The van der Waals surface area contributed by atoms with Gasteiger partial charge in [-0.3, -0.25) is 9.59 Å². The summed E-state index contributed by atoms with van der Waals surface area (Å²) in [6.07, 6.45) is 5.69. The molecule has 0 bridgehead atoms. The van der Waals surface area contributed by atoms with Gasteiger partial charge in [0.2, 0.25) is 11.8 Å². The largest absolute Gasteiger partial charge is 0.493 e. The molecular weight excluding hydrogens is 332 g/mol. The number of primary amides is 1. The fourth-order valence-corrected chi connectivity index (χ4v) is 4.06. The van der Waals surface area contributed by atoms with Crippen molar-refractivity contribution in [2.75, 3.05) is 13.7 Å². The van der Waals surface area contributed by atoms with Crippen molar-refractivity contribution in [2.45, 2.75) is 63.5 Å². The lowest BCUT2D eigenvalue weighted by atomic mass is 9.97. The molecule has 1 heterocycles. The van der Waals surface area contributed by atoms with Gasteiger partial charge < -0.3 is 20.1 Å². The standard InChI is InChI=1S/C20H28N2O4/c1-3-16(20(21)24)22-12-14(11-19(22)23)13-8-9-17(25-2)18(10-13)26-15-6-4-5-7-15/h8-10,14-16H,3-7,11-12H2,1-2H3,(H2,21,24). The number of hydrogen-bond acceptors (Lipinski definition) is 4. The first kappa shape index (κ1) is 18.5. The van der Waals surface area contributed by atoms with Crippen molar-refractivity contribution in [1.82, 2.24) is 4.90 Å². The van der Waals surface area contributed by atoms with E-state index < -0.39 is 11.9 Å². The SMILES string of the molecule is CCC(C(N)=O)N1CC(c2ccc(OC)c(OC3CCCC3)c2)CC1=O. The second kappa shape index (κ2) is 7.98. The van der Waals surface area contributed by atoms with E-state index in [9.17, 15) is 9.59 Å². The molecule has 6 nitrogen and oxygen atoms in total. The third-order valence-electron chi connectivity index (χ3n) is 5.50. The molecule has 3 rings (SSSR count). The number of likely N-dealkylation sites (tertiary alicyclic amines) is 1. The molecular formula is C20H28N2O4. The number of benzene rings is 1. The summed E-state index contributed by atoms with van der Waals surface area (Å²) in [6, 6.07) is 5.34. The lowest BCUT2D eigenvalue weighted by molar-refractivity contribution is -0.136. The molecule has 0 radical (unpaired) electrons. The van der Waals surface area contributed by atoms with E-state index in [-0.39, 0.29) is 17.9 Å². The maximum absolute atomic E-state index is 12.4. The summed E-state index contributed by atoms with van der Waals surface area (Å²) in [7, 11) is 1.63. The number of nitrogens with zero attached hydrogens (tertiary/aromatic N) is 1. The molecule has 2 atom stereocenters. The summed E-state index contributed by atoms with van der Waals surface area (Å²) >= 11 is 0. The van der Waals surface area contributed by atoms with Crippen molar-refractivity contribution in [3.8, 4) is 11.5 Å². The van der Waals surface area contributed by atoms with E-state index in [1.165, 1.54) is 12.8 Å². The average Bonchev–Trinajstić information content (AvgIpc) is 3.26. The van der Waals surface area contributed by atoms with Gasteiger partial charge in [-0.1, -0.05) is 13.0 Å². The fraction of sp³-hybridized carbons (Fsp3) is 0.600. The molecule has 0 aromatic heterocycles. The maximum atomic E-state index is 12.4. The molecule has 142 valence electrons. The average molecular weight is 360 g/mol. The highest BCUT2D eigenvalue weighted by Gasteiger charge is 2.37. The van der Waals surface area contributed by atoms with Crippen LogP contribution in [0.1, 0.15) is 56.9 Å². The Kier molecular flexibility index (Phi) is 5.69. The van der Waals surface area contributed by atoms with E-state index in [1.54, 1.807) is 12.0 Å². The zero-order valence-corrected chi connectivity index (χ0v) is 15.6. The van der Waals surface area contributed by atoms with Crippen molar-refractivity contribution >= 4 is 11.8 Å². The Labute approximate surface area is 154 Å². The van der Waals surface area contributed by atoms with E-state index in [2.05, 4.69) is 0 Å². The Bertz CT molecular complexity index is 670. The van der Waals surface area contributed by atoms with Gasteiger partial charge in [-0.05, 0) is 49.8 Å². The van der Waals surface area contributed by atoms with Gasteiger partial charge in [-0.15, -0.1) is 0 Å². The molecule has 2 unspecified atom stereocenters. The van der Waals surface area contributed by atoms with E-state index in [1.807, 2.05) is 25.1 Å². The van der Waals surface area contributed by atoms with Gasteiger partial charge in [0.15, 0.2) is 11.5 Å².